The van der Waals surface area contributed by atoms with Gasteiger partial charge in [-0.05, 0) is 18.1 Å². The summed E-state index contributed by atoms with van der Waals surface area (Å²) < 4.78 is 5.19. The molecule has 0 spiro atoms. The molecule has 0 amide bonds. The second-order valence-electron chi connectivity index (χ2n) is 3.06. The number of allylic oxidation sites excluding steroid dienone is 1. The summed E-state index contributed by atoms with van der Waals surface area (Å²) in [4.78, 5) is 10.7. The maximum atomic E-state index is 10.7. The van der Waals surface area contributed by atoms with Gasteiger partial charge in [-0.3, -0.25) is 0 Å². The highest BCUT2D eigenvalue weighted by atomic mass is 16.5. The van der Waals surface area contributed by atoms with Crippen LogP contribution in [0.5, 0.6) is 0 Å². The molecule has 80 valence electrons. The minimum absolute atomic E-state index is 0.0151. The van der Waals surface area contributed by atoms with Crippen molar-refractivity contribution in [2.75, 3.05) is 0 Å². The highest BCUT2D eigenvalue weighted by molar-refractivity contribution is 5.84. The van der Waals surface area contributed by atoms with Crippen molar-refractivity contribution in [3.8, 4) is 0 Å². The van der Waals surface area contributed by atoms with E-state index in [-0.39, 0.29) is 5.76 Å². The Labute approximate surface area is 89.0 Å². The predicted molar refractivity (Wildman–Crippen MR) is 57.2 cm³/mol. The molecule has 0 saturated carbocycles. The van der Waals surface area contributed by atoms with Gasteiger partial charge in [-0.2, -0.15) is 0 Å². The molecular formula is C12H14O3. The van der Waals surface area contributed by atoms with Crippen molar-refractivity contribution in [2.45, 2.75) is 20.0 Å². The summed E-state index contributed by atoms with van der Waals surface area (Å²) in [6.07, 6.45) is 2.21. The fourth-order valence-electron chi connectivity index (χ4n) is 1.13. The van der Waals surface area contributed by atoms with Crippen LogP contribution in [0.1, 0.15) is 18.9 Å². The van der Waals surface area contributed by atoms with Crippen LogP contribution in [0.25, 0.3) is 0 Å². The van der Waals surface area contributed by atoms with E-state index in [1.165, 1.54) is 0 Å². The van der Waals surface area contributed by atoms with Gasteiger partial charge in [0, 0.05) is 0 Å². The Hall–Kier alpha value is -1.77. The van der Waals surface area contributed by atoms with E-state index in [0.29, 0.717) is 13.0 Å². The molecule has 0 atom stereocenters. The molecule has 1 aromatic rings. The van der Waals surface area contributed by atoms with Crippen molar-refractivity contribution >= 4 is 5.97 Å². The first kappa shape index (κ1) is 11.3. The van der Waals surface area contributed by atoms with Crippen molar-refractivity contribution < 1.29 is 14.6 Å². The highest BCUT2D eigenvalue weighted by Crippen LogP contribution is 2.06. The molecular weight excluding hydrogens is 192 g/mol. The summed E-state index contributed by atoms with van der Waals surface area (Å²) in [5.41, 5.74) is 0.959. The first-order valence-corrected chi connectivity index (χ1v) is 4.84. The van der Waals surface area contributed by atoms with Crippen LogP contribution < -0.4 is 0 Å². The molecule has 0 saturated heterocycles. The first-order valence-electron chi connectivity index (χ1n) is 4.84. The summed E-state index contributed by atoms with van der Waals surface area (Å²) in [6, 6.07) is 9.48. The van der Waals surface area contributed by atoms with Gasteiger partial charge in [0.25, 0.3) is 0 Å². The molecule has 0 bridgehead atoms. The van der Waals surface area contributed by atoms with Gasteiger partial charge >= 0.3 is 5.97 Å². The van der Waals surface area contributed by atoms with Gasteiger partial charge < -0.3 is 9.84 Å². The maximum absolute atomic E-state index is 10.7. The van der Waals surface area contributed by atoms with Gasteiger partial charge in [0.05, 0.1) is 0 Å². The van der Waals surface area contributed by atoms with Crippen LogP contribution in [-0.4, -0.2) is 11.1 Å². The SMILES string of the molecule is CC/C=C(/OCc1ccccc1)C(=O)O. The molecule has 3 heteroatoms. The Balaban J connectivity index is 2.55. The molecule has 3 nitrogen and oxygen atoms in total. The standard InChI is InChI=1S/C12H14O3/c1-2-6-11(12(13)14)15-9-10-7-4-3-5-8-10/h3-8H,2,9H2,1H3,(H,13,14)/b11-6+. The molecule has 0 radical (unpaired) electrons. The average Bonchev–Trinajstić information content (AvgIpc) is 2.25. The largest absolute Gasteiger partial charge is 0.482 e. The minimum Gasteiger partial charge on any atom is -0.482 e. The number of ether oxygens (including phenoxy) is 1. The number of hydrogen-bond acceptors (Lipinski definition) is 2. The highest BCUT2D eigenvalue weighted by Gasteiger charge is 2.07. The second kappa shape index (κ2) is 5.86. The van der Waals surface area contributed by atoms with Crippen molar-refractivity contribution in [3.05, 3.63) is 47.7 Å². The zero-order valence-electron chi connectivity index (χ0n) is 8.64. The fourth-order valence-corrected chi connectivity index (χ4v) is 1.13. The molecule has 0 unspecified atom stereocenters. The first-order chi connectivity index (χ1) is 7.24. The van der Waals surface area contributed by atoms with Crippen LogP contribution in [0, 0.1) is 0 Å². The third kappa shape index (κ3) is 3.85. The summed E-state index contributed by atoms with van der Waals surface area (Å²) in [7, 11) is 0. The lowest BCUT2D eigenvalue weighted by Gasteiger charge is -2.06. The number of hydrogen-bond donors (Lipinski definition) is 1. The lowest BCUT2D eigenvalue weighted by molar-refractivity contribution is -0.136. The summed E-state index contributed by atoms with van der Waals surface area (Å²) in [6.45, 7) is 2.16. The number of rotatable bonds is 5. The molecule has 0 aliphatic carbocycles. The third-order valence-corrected chi connectivity index (χ3v) is 1.84. The van der Waals surface area contributed by atoms with E-state index in [2.05, 4.69) is 0 Å². The summed E-state index contributed by atoms with van der Waals surface area (Å²) in [5.74, 6) is -1.01. The Kier molecular flexibility index (Phi) is 4.41. The Morgan fingerprint density at radius 1 is 1.40 bits per heavy atom. The number of aliphatic carboxylic acids is 1. The predicted octanol–water partition coefficient (Wildman–Crippen LogP) is 2.58. The van der Waals surface area contributed by atoms with Crippen molar-refractivity contribution in [2.24, 2.45) is 0 Å². The van der Waals surface area contributed by atoms with Crippen LogP contribution in [0.3, 0.4) is 0 Å². The molecule has 0 heterocycles. The van der Waals surface area contributed by atoms with Crippen LogP contribution in [0.15, 0.2) is 42.2 Å². The molecule has 15 heavy (non-hydrogen) atoms. The van der Waals surface area contributed by atoms with Crippen molar-refractivity contribution in [1.29, 1.82) is 0 Å². The van der Waals surface area contributed by atoms with Crippen molar-refractivity contribution in [1.82, 2.24) is 0 Å². The second-order valence-corrected chi connectivity index (χ2v) is 3.06. The monoisotopic (exact) mass is 206 g/mol. The zero-order chi connectivity index (χ0) is 11.1. The quantitative estimate of drug-likeness (QED) is 0.595. The van der Waals surface area contributed by atoms with E-state index >= 15 is 0 Å². The maximum Gasteiger partial charge on any atom is 0.370 e. The molecule has 0 aliphatic heterocycles. The van der Waals surface area contributed by atoms with Gasteiger partial charge in [0.15, 0.2) is 0 Å². The molecule has 0 aromatic heterocycles. The van der Waals surface area contributed by atoms with E-state index in [1.807, 2.05) is 37.3 Å². The van der Waals surface area contributed by atoms with Crippen LogP contribution in [-0.2, 0) is 16.1 Å². The van der Waals surface area contributed by atoms with Crippen LogP contribution >= 0.6 is 0 Å². The lowest BCUT2D eigenvalue weighted by atomic mass is 10.2. The van der Waals surface area contributed by atoms with Crippen LogP contribution in [0.2, 0.25) is 0 Å². The van der Waals surface area contributed by atoms with E-state index in [0.717, 1.165) is 5.56 Å². The van der Waals surface area contributed by atoms with E-state index in [9.17, 15) is 4.79 Å². The minimum atomic E-state index is -1.02. The van der Waals surface area contributed by atoms with E-state index < -0.39 is 5.97 Å². The van der Waals surface area contributed by atoms with Crippen LogP contribution in [0.4, 0.5) is 0 Å². The van der Waals surface area contributed by atoms with E-state index in [4.69, 9.17) is 9.84 Å². The molecule has 1 aromatic carbocycles. The molecule has 0 fully saturated rings. The number of carboxylic acid groups (broad SMARTS) is 1. The lowest BCUT2D eigenvalue weighted by Crippen LogP contribution is -2.05. The van der Waals surface area contributed by atoms with Crippen molar-refractivity contribution in [3.63, 3.8) is 0 Å². The molecule has 1 rings (SSSR count). The zero-order valence-corrected chi connectivity index (χ0v) is 8.64. The van der Waals surface area contributed by atoms with Gasteiger partial charge in [-0.25, -0.2) is 4.79 Å². The topological polar surface area (TPSA) is 46.5 Å². The van der Waals surface area contributed by atoms with Gasteiger partial charge in [0.1, 0.15) is 6.61 Å². The van der Waals surface area contributed by atoms with Gasteiger partial charge in [-0.15, -0.1) is 0 Å². The number of carboxylic acids is 1. The number of benzene rings is 1. The average molecular weight is 206 g/mol. The normalized spacial score (nSPS) is 11.1. The summed E-state index contributed by atoms with van der Waals surface area (Å²) >= 11 is 0. The van der Waals surface area contributed by atoms with Gasteiger partial charge in [-0.1, -0.05) is 37.3 Å². The number of carbonyl (C=O) groups is 1. The third-order valence-electron chi connectivity index (χ3n) is 1.84. The Bertz CT molecular complexity index is 341. The molecule has 1 N–H and O–H groups in total. The van der Waals surface area contributed by atoms with E-state index in [1.54, 1.807) is 6.08 Å². The Morgan fingerprint density at radius 3 is 2.60 bits per heavy atom. The molecule has 0 aliphatic rings. The van der Waals surface area contributed by atoms with Gasteiger partial charge in [0.2, 0.25) is 5.76 Å². The Morgan fingerprint density at radius 2 is 2.07 bits per heavy atom. The smallest absolute Gasteiger partial charge is 0.370 e. The summed E-state index contributed by atoms with van der Waals surface area (Å²) in [5, 5.41) is 8.79. The fraction of sp³-hybridized carbons (Fsp3) is 0.250.